The first-order valence-corrected chi connectivity index (χ1v) is 9.31. The van der Waals surface area contributed by atoms with E-state index in [1.165, 1.54) is 11.3 Å². The molecule has 0 saturated carbocycles. The van der Waals surface area contributed by atoms with Gasteiger partial charge < -0.3 is 4.57 Å². The van der Waals surface area contributed by atoms with E-state index in [-0.39, 0.29) is 5.91 Å². The van der Waals surface area contributed by atoms with Crippen molar-refractivity contribution in [3.8, 4) is 11.3 Å². The van der Waals surface area contributed by atoms with Gasteiger partial charge in [0, 0.05) is 22.0 Å². The zero-order valence-electron chi connectivity index (χ0n) is 14.4. The van der Waals surface area contributed by atoms with Crippen molar-refractivity contribution in [3.05, 3.63) is 74.4 Å². The lowest BCUT2D eigenvalue weighted by molar-refractivity contribution is 0.0997. The molecule has 0 unspecified atom stereocenters. The predicted molar refractivity (Wildman–Crippen MR) is 104 cm³/mol. The van der Waals surface area contributed by atoms with Gasteiger partial charge in [-0.05, 0) is 50.1 Å². The fraction of sp³-hybridized carbons (Fsp3) is 0.200. The SMILES string of the molecule is CCn1c(-c2ccc(Cl)cc2)c(C)sc1=NC(=O)c1ccccc1C. The van der Waals surface area contributed by atoms with E-state index in [1.54, 1.807) is 0 Å². The van der Waals surface area contributed by atoms with Gasteiger partial charge in [0.2, 0.25) is 0 Å². The molecule has 1 aromatic heterocycles. The zero-order chi connectivity index (χ0) is 18.0. The van der Waals surface area contributed by atoms with Crippen LogP contribution in [-0.2, 0) is 6.54 Å². The number of thiazole rings is 1. The third kappa shape index (κ3) is 3.60. The highest BCUT2D eigenvalue weighted by Crippen LogP contribution is 2.26. The lowest BCUT2D eigenvalue weighted by Gasteiger charge is -2.08. The predicted octanol–water partition coefficient (Wildman–Crippen LogP) is 5.25. The molecule has 0 radical (unpaired) electrons. The van der Waals surface area contributed by atoms with E-state index >= 15 is 0 Å². The van der Waals surface area contributed by atoms with Crippen LogP contribution in [0.1, 0.15) is 27.7 Å². The van der Waals surface area contributed by atoms with Crippen molar-refractivity contribution in [3.63, 3.8) is 0 Å². The van der Waals surface area contributed by atoms with Crippen LogP contribution in [0.3, 0.4) is 0 Å². The Kier molecular flexibility index (Phi) is 5.21. The summed E-state index contributed by atoms with van der Waals surface area (Å²) in [7, 11) is 0. The summed E-state index contributed by atoms with van der Waals surface area (Å²) < 4.78 is 2.08. The molecule has 3 nitrogen and oxygen atoms in total. The van der Waals surface area contributed by atoms with Crippen LogP contribution >= 0.6 is 22.9 Å². The molecule has 0 atom stereocenters. The van der Waals surface area contributed by atoms with Crippen LogP contribution in [0.2, 0.25) is 5.02 Å². The molecular weight excluding hydrogens is 352 g/mol. The van der Waals surface area contributed by atoms with Crippen LogP contribution < -0.4 is 4.80 Å². The molecule has 25 heavy (non-hydrogen) atoms. The number of benzene rings is 2. The minimum Gasteiger partial charge on any atom is -0.316 e. The largest absolute Gasteiger partial charge is 0.316 e. The Balaban J connectivity index is 2.12. The number of carbonyl (C=O) groups is 1. The van der Waals surface area contributed by atoms with Crippen LogP contribution in [0.5, 0.6) is 0 Å². The van der Waals surface area contributed by atoms with E-state index in [0.29, 0.717) is 10.6 Å². The maximum absolute atomic E-state index is 12.6. The smallest absolute Gasteiger partial charge is 0.279 e. The molecule has 128 valence electrons. The van der Waals surface area contributed by atoms with Gasteiger partial charge in [0.1, 0.15) is 0 Å². The van der Waals surface area contributed by atoms with Crippen molar-refractivity contribution >= 4 is 28.8 Å². The summed E-state index contributed by atoms with van der Waals surface area (Å²) in [6, 6.07) is 15.3. The van der Waals surface area contributed by atoms with Crippen molar-refractivity contribution in [2.45, 2.75) is 27.3 Å². The lowest BCUT2D eigenvalue weighted by atomic mass is 10.1. The van der Waals surface area contributed by atoms with Crippen LogP contribution in [-0.4, -0.2) is 10.5 Å². The Hall–Kier alpha value is -2.17. The Morgan fingerprint density at radius 3 is 2.44 bits per heavy atom. The molecule has 2 aromatic carbocycles. The molecular formula is C20H19ClN2OS. The maximum atomic E-state index is 12.6. The second-order valence-corrected chi connectivity index (χ2v) is 7.39. The van der Waals surface area contributed by atoms with Crippen molar-refractivity contribution in [2.75, 3.05) is 0 Å². The molecule has 3 rings (SSSR count). The number of carbonyl (C=O) groups excluding carboxylic acids is 1. The summed E-state index contributed by atoms with van der Waals surface area (Å²) in [6.45, 7) is 6.78. The van der Waals surface area contributed by atoms with E-state index < -0.39 is 0 Å². The van der Waals surface area contributed by atoms with E-state index in [2.05, 4.69) is 23.4 Å². The molecule has 0 spiro atoms. The Labute approximate surface area is 156 Å². The fourth-order valence-corrected chi connectivity index (χ4v) is 4.01. The first kappa shape index (κ1) is 17.6. The number of aromatic nitrogens is 1. The number of halogens is 1. The molecule has 0 bridgehead atoms. The molecule has 1 heterocycles. The molecule has 0 aliphatic rings. The van der Waals surface area contributed by atoms with Crippen LogP contribution in [0.4, 0.5) is 0 Å². The molecule has 1 amide bonds. The maximum Gasteiger partial charge on any atom is 0.279 e. The minimum atomic E-state index is -0.204. The third-order valence-corrected chi connectivity index (χ3v) is 5.33. The first-order chi connectivity index (χ1) is 12.0. The number of rotatable bonds is 3. The molecule has 0 fully saturated rings. The topological polar surface area (TPSA) is 34.4 Å². The van der Waals surface area contributed by atoms with Gasteiger partial charge in [0.25, 0.3) is 5.91 Å². The van der Waals surface area contributed by atoms with Gasteiger partial charge in [-0.3, -0.25) is 4.79 Å². The van der Waals surface area contributed by atoms with Crippen LogP contribution in [0.15, 0.2) is 53.5 Å². The fourth-order valence-electron chi connectivity index (χ4n) is 2.83. The van der Waals surface area contributed by atoms with Crippen molar-refractivity contribution < 1.29 is 4.79 Å². The molecule has 0 N–H and O–H groups in total. The van der Waals surface area contributed by atoms with Gasteiger partial charge in [-0.15, -0.1) is 11.3 Å². The van der Waals surface area contributed by atoms with E-state index in [9.17, 15) is 4.79 Å². The minimum absolute atomic E-state index is 0.204. The number of hydrogen-bond acceptors (Lipinski definition) is 2. The summed E-state index contributed by atoms with van der Waals surface area (Å²) in [5.41, 5.74) is 3.74. The summed E-state index contributed by atoms with van der Waals surface area (Å²) in [5.74, 6) is -0.204. The summed E-state index contributed by atoms with van der Waals surface area (Å²) in [6.07, 6.45) is 0. The van der Waals surface area contributed by atoms with E-state index in [1.807, 2.05) is 55.5 Å². The van der Waals surface area contributed by atoms with Gasteiger partial charge in [0.05, 0.1) is 5.69 Å². The number of hydrogen-bond donors (Lipinski definition) is 0. The van der Waals surface area contributed by atoms with Crippen molar-refractivity contribution in [2.24, 2.45) is 4.99 Å². The second-order valence-electron chi connectivity index (χ2n) is 5.77. The third-order valence-electron chi connectivity index (χ3n) is 4.09. The lowest BCUT2D eigenvalue weighted by Crippen LogP contribution is -2.17. The van der Waals surface area contributed by atoms with E-state index in [4.69, 9.17) is 11.6 Å². The highest BCUT2D eigenvalue weighted by atomic mass is 35.5. The molecule has 0 saturated heterocycles. The Bertz CT molecular complexity index is 984. The van der Waals surface area contributed by atoms with Gasteiger partial charge in [-0.25, -0.2) is 0 Å². The number of nitrogens with zero attached hydrogens (tertiary/aromatic N) is 2. The van der Waals surface area contributed by atoms with Gasteiger partial charge >= 0.3 is 0 Å². The van der Waals surface area contributed by atoms with Gasteiger partial charge in [0.15, 0.2) is 4.80 Å². The van der Waals surface area contributed by atoms with Gasteiger partial charge in [-0.2, -0.15) is 4.99 Å². The summed E-state index contributed by atoms with van der Waals surface area (Å²) in [5, 5.41) is 0.708. The second kappa shape index (κ2) is 7.38. The van der Waals surface area contributed by atoms with Crippen LogP contribution in [0, 0.1) is 13.8 Å². The average Bonchev–Trinajstić information content (AvgIpc) is 2.91. The standard InChI is InChI=1S/C20H19ClN2OS/c1-4-23-18(15-9-11-16(21)12-10-15)14(3)25-20(23)22-19(24)17-8-6-5-7-13(17)2/h5-12H,4H2,1-3H3. The Morgan fingerprint density at radius 1 is 1.12 bits per heavy atom. The monoisotopic (exact) mass is 370 g/mol. The van der Waals surface area contributed by atoms with Crippen molar-refractivity contribution in [1.82, 2.24) is 4.57 Å². The molecule has 3 aromatic rings. The average molecular weight is 371 g/mol. The highest BCUT2D eigenvalue weighted by molar-refractivity contribution is 7.09. The molecule has 0 aliphatic carbocycles. The zero-order valence-corrected chi connectivity index (χ0v) is 16.0. The Morgan fingerprint density at radius 2 is 1.80 bits per heavy atom. The summed E-state index contributed by atoms with van der Waals surface area (Å²) in [4.78, 5) is 18.9. The number of aryl methyl sites for hydroxylation is 2. The van der Waals surface area contributed by atoms with Crippen molar-refractivity contribution in [1.29, 1.82) is 0 Å². The van der Waals surface area contributed by atoms with E-state index in [0.717, 1.165) is 33.0 Å². The highest BCUT2D eigenvalue weighted by Gasteiger charge is 2.14. The first-order valence-electron chi connectivity index (χ1n) is 8.12. The quantitative estimate of drug-likeness (QED) is 0.620. The number of amides is 1. The normalized spacial score (nSPS) is 11.8. The van der Waals surface area contributed by atoms with Gasteiger partial charge in [-0.1, -0.05) is 41.9 Å². The molecule has 5 heteroatoms. The summed E-state index contributed by atoms with van der Waals surface area (Å²) >= 11 is 7.54. The van der Waals surface area contributed by atoms with Crippen LogP contribution in [0.25, 0.3) is 11.3 Å². The molecule has 0 aliphatic heterocycles.